The second kappa shape index (κ2) is 4.15. The Morgan fingerprint density at radius 2 is 2.14 bits per heavy atom. The molecule has 1 heterocycles. The van der Waals surface area contributed by atoms with Crippen LogP contribution in [0.25, 0.3) is 0 Å². The fraction of sp³-hybridized carbons (Fsp3) is 0.636. The van der Waals surface area contributed by atoms with E-state index in [2.05, 4.69) is 11.8 Å². The average molecular weight is 194 g/mol. The van der Waals surface area contributed by atoms with Gasteiger partial charge in [0.25, 0.3) is 0 Å². The van der Waals surface area contributed by atoms with Crippen LogP contribution in [0.15, 0.2) is 16.5 Å². The Morgan fingerprint density at radius 1 is 1.43 bits per heavy atom. The van der Waals surface area contributed by atoms with Crippen molar-refractivity contribution in [3.8, 4) is 0 Å². The Kier molecular flexibility index (Phi) is 2.89. The highest BCUT2D eigenvalue weighted by Crippen LogP contribution is 2.28. The van der Waals surface area contributed by atoms with Crippen LogP contribution in [-0.4, -0.2) is 17.5 Å². The molecule has 2 N–H and O–H groups in total. The second-order valence-electron chi connectivity index (χ2n) is 3.87. The van der Waals surface area contributed by atoms with E-state index in [0.29, 0.717) is 6.54 Å². The summed E-state index contributed by atoms with van der Waals surface area (Å²) in [6, 6.07) is 4.80. The zero-order valence-electron chi connectivity index (χ0n) is 8.70. The van der Waals surface area contributed by atoms with Gasteiger partial charge in [-0.05, 0) is 31.5 Å². The molecule has 78 valence electrons. The predicted octanol–water partition coefficient (Wildman–Crippen LogP) is 1.72. The molecule has 0 unspecified atom stereocenters. The minimum atomic E-state index is 0.496. The van der Waals surface area contributed by atoms with Crippen LogP contribution in [0.1, 0.15) is 31.3 Å². The van der Waals surface area contributed by atoms with Crippen molar-refractivity contribution in [2.75, 3.05) is 6.54 Å². The number of nitrogens with zero attached hydrogens (tertiary/aromatic N) is 1. The zero-order valence-corrected chi connectivity index (χ0v) is 8.70. The zero-order chi connectivity index (χ0) is 9.97. The Balaban J connectivity index is 1.94. The summed E-state index contributed by atoms with van der Waals surface area (Å²) in [4.78, 5) is 2.46. The van der Waals surface area contributed by atoms with Crippen molar-refractivity contribution in [1.82, 2.24) is 4.90 Å². The highest BCUT2D eigenvalue weighted by Gasteiger charge is 2.28. The molecule has 1 fully saturated rings. The van der Waals surface area contributed by atoms with Gasteiger partial charge < -0.3 is 10.2 Å². The molecule has 3 nitrogen and oxygen atoms in total. The summed E-state index contributed by atoms with van der Waals surface area (Å²) in [6.07, 6.45) is 2.69. The van der Waals surface area contributed by atoms with Crippen molar-refractivity contribution < 1.29 is 4.42 Å². The second-order valence-corrected chi connectivity index (χ2v) is 3.87. The summed E-state index contributed by atoms with van der Waals surface area (Å²) in [5, 5.41) is 0. The Hall–Kier alpha value is -0.800. The van der Waals surface area contributed by atoms with E-state index in [4.69, 9.17) is 10.2 Å². The predicted molar refractivity (Wildman–Crippen MR) is 55.7 cm³/mol. The van der Waals surface area contributed by atoms with E-state index in [-0.39, 0.29) is 0 Å². The Morgan fingerprint density at radius 3 is 2.64 bits per heavy atom. The van der Waals surface area contributed by atoms with Crippen LogP contribution in [0.5, 0.6) is 0 Å². The summed E-state index contributed by atoms with van der Waals surface area (Å²) in [5.41, 5.74) is 5.49. The van der Waals surface area contributed by atoms with Crippen LogP contribution in [0, 0.1) is 0 Å². The van der Waals surface area contributed by atoms with E-state index in [9.17, 15) is 0 Å². The third kappa shape index (κ3) is 2.16. The third-order valence-electron chi connectivity index (χ3n) is 2.75. The van der Waals surface area contributed by atoms with Crippen molar-refractivity contribution in [3.63, 3.8) is 0 Å². The van der Waals surface area contributed by atoms with Crippen molar-refractivity contribution in [1.29, 1.82) is 0 Å². The highest BCUT2D eigenvalue weighted by molar-refractivity contribution is 5.07. The molecule has 0 radical (unpaired) electrons. The lowest BCUT2D eigenvalue weighted by atomic mass is 10.3. The minimum Gasteiger partial charge on any atom is -0.463 e. The van der Waals surface area contributed by atoms with Gasteiger partial charge in [-0.1, -0.05) is 6.92 Å². The first-order valence-corrected chi connectivity index (χ1v) is 5.35. The molecule has 1 aliphatic rings. The first-order chi connectivity index (χ1) is 6.83. The molecule has 0 saturated heterocycles. The maximum atomic E-state index is 5.58. The summed E-state index contributed by atoms with van der Waals surface area (Å²) >= 11 is 0. The SMILES string of the molecule is CCN(Cc1ccc(CN)o1)C1CC1. The summed E-state index contributed by atoms with van der Waals surface area (Å²) < 4.78 is 5.58. The van der Waals surface area contributed by atoms with Crippen LogP contribution >= 0.6 is 0 Å². The van der Waals surface area contributed by atoms with E-state index in [0.717, 1.165) is 30.7 Å². The summed E-state index contributed by atoms with van der Waals surface area (Å²) in [5.74, 6) is 1.92. The van der Waals surface area contributed by atoms with E-state index in [1.807, 2.05) is 12.1 Å². The van der Waals surface area contributed by atoms with E-state index >= 15 is 0 Å². The van der Waals surface area contributed by atoms with E-state index < -0.39 is 0 Å². The fourth-order valence-electron chi connectivity index (χ4n) is 1.76. The molecule has 0 aromatic carbocycles. The number of nitrogens with two attached hydrogens (primary N) is 1. The first kappa shape index (κ1) is 9.74. The van der Waals surface area contributed by atoms with E-state index in [1.54, 1.807) is 0 Å². The average Bonchev–Trinajstić information content (AvgIpc) is 2.95. The quantitative estimate of drug-likeness (QED) is 0.776. The molecule has 0 aliphatic heterocycles. The summed E-state index contributed by atoms with van der Waals surface area (Å²) in [6.45, 7) is 4.73. The molecule has 0 bridgehead atoms. The molecule has 0 amide bonds. The number of furan rings is 1. The topological polar surface area (TPSA) is 42.4 Å². The van der Waals surface area contributed by atoms with Gasteiger partial charge in [0.15, 0.2) is 0 Å². The highest BCUT2D eigenvalue weighted by atomic mass is 16.3. The molecule has 1 saturated carbocycles. The first-order valence-electron chi connectivity index (χ1n) is 5.35. The summed E-state index contributed by atoms with van der Waals surface area (Å²) in [7, 11) is 0. The lowest BCUT2D eigenvalue weighted by molar-refractivity contribution is 0.243. The van der Waals surface area contributed by atoms with Gasteiger partial charge in [0.1, 0.15) is 11.5 Å². The molecule has 1 aromatic heterocycles. The maximum Gasteiger partial charge on any atom is 0.118 e. The molecule has 0 spiro atoms. The molecule has 0 atom stereocenters. The van der Waals surface area contributed by atoms with Gasteiger partial charge in [0.05, 0.1) is 13.1 Å². The van der Waals surface area contributed by atoms with Crippen molar-refractivity contribution >= 4 is 0 Å². The normalized spacial score (nSPS) is 16.5. The third-order valence-corrected chi connectivity index (χ3v) is 2.75. The van der Waals surface area contributed by atoms with Crippen LogP contribution in [0.3, 0.4) is 0 Å². The van der Waals surface area contributed by atoms with Crippen LogP contribution in [-0.2, 0) is 13.1 Å². The van der Waals surface area contributed by atoms with Crippen LogP contribution in [0.2, 0.25) is 0 Å². The standard InChI is InChI=1S/C11H18N2O/c1-2-13(9-3-4-9)8-11-6-5-10(7-12)14-11/h5-6,9H,2-4,7-8,12H2,1H3. The smallest absolute Gasteiger partial charge is 0.118 e. The van der Waals surface area contributed by atoms with Crippen LogP contribution < -0.4 is 5.73 Å². The van der Waals surface area contributed by atoms with Gasteiger partial charge in [0, 0.05) is 6.04 Å². The van der Waals surface area contributed by atoms with Gasteiger partial charge in [-0.25, -0.2) is 0 Å². The van der Waals surface area contributed by atoms with Gasteiger partial charge in [-0.2, -0.15) is 0 Å². The van der Waals surface area contributed by atoms with Crippen molar-refractivity contribution in [2.24, 2.45) is 5.73 Å². The van der Waals surface area contributed by atoms with Crippen molar-refractivity contribution in [3.05, 3.63) is 23.7 Å². The Labute approximate surface area is 84.9 Å². The lowest BCUT2D eigenvalue weighted by Crippen LogP contribution is -2.24. The van der Waals surface area contributed by atoms with Gasteiger partial charge in [-0.3, -0.25) is 4.90 Å². The molecule has 1 aliphatic carbocycles. The lowest BCUT2D eigenvalue weighted by Gasteiger charge is -2.17. The van der Waals surface area contributed by atoms with Gasteiger partial charge in [-0.15, -0.1) is 0 Å². The Bertz CT molecular complexity index is 291. The number of rotatable bonds is 5. The van der Waals surface area contributed by atoms with E-state index in [1.165, 1.54) is 12.8 Å². The van der Waals surface area contributed by atoms with Crippen molar-refractivity contribution in [2.45, 2.75) is 38.9 Å². The van der Waals surface area contributed by atoms with Crippen LogP contribution in [0.4, 0.5) is 0 Å². The molecule has 3 heteroatoms. The molecule has 1 aromatic rings. The molecule has 2 rings (SSSR count). The molecular weight excluding hydrogens is 176 g/mol. The monoisotopic (exact) mass is 194 g/mol. The largest absolute Gasteiger partial charge is 0.463 e. The molecule has 14 heavy (non-hydrogen) atoms. The number of hydrogen-bond acceptors (Lipinski definition) is 3. The maximum absolute atomic E-state index is 5.58. The number of hydrogen-bond donors (Lipinski definition) is 1. The van der Waals surface area contributed by atoms with Gasteiger partial charge in [0.2, 0.25) is 0 Å². The minimum absolute atomic E-state index is 0.496. The van der Waals surface area contributed by atoms with Gasteiger partial charge >= 0.3 is 0 Å². The fourth-order valence-corrected chi connectivity index (χ4v) is 1.76. The molecular formula is C11H18N2O.